The van der Waals surface area contributed by atoms with Gasteiger partial charge in [0.05, 0.1) is 36.5 Å². The SMILES string of the molecule is CCN(CCOCCN(CC)c1ccc(N=Nc2scc[n+]2CC)cc1)c1ccc(N=Nc2scc[n+]2CC)cc1.O=S(=O)([O-])[O-]. The Morgan fingerprint density at radius 3 is 1.37 bits per heavy atom. The van der Waals surface area contributed by atoms with Crippen molar-refractivity contribution in [1.82, 2.24) is 0 Å². The molecule has 0 unspecified atom stereocenters. The van der Waals surface area contributed by atoms with Gasteiger partial charge in [0.1, 0.15) is 23.8 Å². The molecule has 4 aromatic rings. The van der Waals surface area contributed by atoms with Crippen LogP contribution >= 0.6 is 22.7 Å². The summed E-state index contributed by atoms with van der Waals surface area (Å²) >= 11 is 3.18. The summed E-state index contributed by atoms with van der Waals surface area (Å²) in [5.41, 5.74) is 4.01. The van der Waals surface area contributed by atoms with E-state index in [9.17, 15) is 0 Å². The molecule has 0 aliphatic carbocycles. The third kappa shape index (κ3) is 12.6. The summed E-state index contributed by atoms with van der Waals surface area (Å²) in [6.45, 7) is 15.1. The first-order chi connectivity index (χ1) is 22.1. The Bertz CT molecular complexity index is 1510. The molecule has 0 saturated heterocycles. The number of hydrogen-bond acceptors (Lipinski definition) is 13. The van der Waals surface area contributed by atoms with Crippen molar-refractivity contribution in [3.05, 3.63) is 71.7 Å². The lowest BCUT2D eigenvalue weighted by Crippen LogP contribution is -2.30. The van der Waals surface area contributed by atoms with Gasteiger partial charge in [-0.25, -0.2) is 9.13 Å². The highest BCUT2D eigenvalue weighted by Crippen LogP contribution is 2.24. The molecule has 0 atom stereocenters. The predicted molar refractivity (Wildman–Crippen MR) is 179 cm³/mol. The van der Waals surface area contributed by atoms with E-state index in [2.05, 4.69) is 91.4 Å². The highest BCUT2D eigenvalue weighted by atomic mass is 32.3. The van der Waals surface area contributed by atoms with E-state index in [0.717, 1.165) is 72.3 Å². The molecular formula is C30H40N8O5S3. The summed E-state index contributed by atoms with van der Waals surface area (Å²) in [5.74, 6) is 0. The van der Waals surface area contributed by atoms with E-state index in [4.69, 9.17) is 22.3 Å². The van der Waals surface area contributed by atoms with E-state index in [1.54, 1.807) is 22.7 Å². The molecule has 0 aliphatic heterocycles. The van der Waals surface area contributed by atoms with E-state index in [0.29, 0.717) is 13.2 Å². The summed E-state index contributed by atoms with van der Waals surface area (Å²) in [6, 6.07) is 16.5. The van der Waals surface area contributed by atoms with Gasteiger partial charge < -0.3 is 23.6 Å². The van der Waals surface area contributed by atoms with Crippen molar-refractivity contribution in [2.75, 3.05) is 49.2 Å². The summed E-state index contributed by atoms with van der Waals surface area (Å²) < 4.78 is 44.3. The fraction of sp³-hybridized carbons (Fsp3) is 0.400. The Labute approximate surface area is 278 Å². The monoisotopic (exact) mass is 688 g/mol. The second kappa shape index (κ2) is 19.1. The van der Waals surface area contributed by atoms with E-state index >= 15 is 0 Å². The largest absolute Gasteiger partial charge is 0.759 e. The molecule has 248 valence electrons. The topological polar surface area (TPSA) is 153 Å². The molecule has 0 aliphatic rings. The molecule has 0 fully saturated rings. The molecule has 2 aromatic heterocycles. The van der Waals surface area contributed by atoms with Gasteiger partial charge in [-0.05, 0) is 109 Å². The number of azo groups is 2. The smallest absolute Gasteiger partial charge is 0.408 e. The van der Waals surface area contributed by atoms with Crippen LogP contribution in [0.1, 0.15) is 27.7 Å². The maximum atomic E-state index is 8.52. The predicted octanol–water partition coefficient (Wildman–Crippen LogP) is 6.29. The quantitative estimate of drug-likeness (QED) is 0.0441. The van der Waals surface area contributed by atoms with Crippen LogP contribution in [-0.4, -0.2) is 56.9 Å². The third-order valence-corrected chi connectivity index (χ3v) is 8.28. The minimum atomic E-state index is -5.17. The zero-order chi connectivity index (χ0) is 33.4. The summed E-state index contributed by atoms with van der Waals surface area (Å²) in [5, 5.41) is 23.5. The molecule has 0 bridgehead atoms. The lowest BCUT2D eigenvalue weighted by atomic mass is 10.2. The van der Waals surface area contributed by atoms with Crippen LogP contribution in [0.25, 0.3) is 0 Å². The first-order valence-corrected chi connectivity index (χ1v) is 18.0. The van der Waals surface area contributed by atoms with Crippen molar-refractivity contribution < 1.29 is 31.4 Å². The van der Waals surface area contributed by atoms with Crippen LogP contribution in [0.2, 0.25) is 0 Å². The van der Waals surface area contributed by atoms with Gasteiger partial charge in [-0.2, -0.15) is 0 Å². The number of hydrogen-bond donors (Lipinski definition) is 0. The maximum absolute atomic E-state index is 8.52. The second-order valence-electron chi connectivity index (χ2n) is 9.56. The number of nitrogens with zero attached hydrogens (tertiary/aromatic N) is 8. The normalized spacial score (nSPS) is 11.6. The Morgan fingerprint density at radius 2 is 1.04 bits per heavy atom. The van der Waals surface area contributed by atoms with Gasteiger partial charge in [0.2, 0.25) is 0 Å². The van der Waals surface area contributed by atoms with Gasteiger partial charge in [0.25, 0.3) is 0 Å². The molecule has 0 amide bonds. The molecule has 2 aromatic carbocycles. The number of anilines is 2. The minimum Gasteiger partial charge on any atom is -0.759 e. The van der Waals surface area contributed by atoms with Gasteiger partial charge in [0, 0.05) is 58.7 Å². The lowest BCUT2D eigenvalue weighted by Gasteiger charge is -2.25. The van der Waals surface area contributed by atoms with Crippen LogP contribution in [0.5, 0.6) is 0 Å². The molecule has 16 heteroatoms. The summed E-state index contributed by atoms with van der Waals surface area (Å²) in [4.78, 5) is 4.63. The van der Waals surface area contributed by atoms with E-state index in [1.807, 2.05) is 47.4 Å². The van der Waals surface area contributed by atoms with E-state index in [-0.39, 0.29) is 0 Å². The zero-order valence-electron chi connectivity index (χ0n) is 26.4. The fourth-order valence-corrected chi connectivity index (χ4v) is 5.77. The molecule has 0 radical (unpaired) electrons. The highest BCUT2D eigenvalue weighted by molar-refractivity contribution is 7.79. The Kier molecular flexibility index (Phi) is 15.3. The summed E-state index contributed by atoms with van der Waals surface area (Å²) in [6.07, 6.45) is 4.06. The number of thiazole rings is 2. The first kappa shape index (κ1) is 36.8. The number of aromatic nitrogens is 2. The fourth-order valence-electron chi connectivity index (χ4n) is 4.29. The number of ether oxygens (including phenoxy) is 1. The second-order valence-corrected chi connectivity index (χ2v) is 12.1. The van der Waals surface area contributed by atoms with Gasteiger partial charge in [-0.1, -0.05) is 0 Å². The van der Waals surface area contributed by atoms with Crippen LogP contribution in [0.3, 0.4) is 0 Å². The number of rotatable bonds is 16. The van der Waals surface area contributed by atoms with Crippen LogP contribution in [0.15, 0.2) is 92.1 Å². The van der Waals surface area contributed by atoms with Crippen LogP contribution < -0.4 is 18.9 Å². The lowest BCUT2D eigenvalue weighted by molar-refractivity contribution is -0.677. The Morgan fingerprint density at radius 1 is 0.674 bits per heavy atom. The first-order valence-electron chi connectivity index (χ1n) is 14.9. The van der Waals surface area contributed by atoms with Crippen molar-refractivity contribution in [3.63, 3.8) is 0 Å². The van der Waals surface area contributed by atoms with E-state index < -0.39 is 10.4 Å². The van der Waals surface area contributed by atoms with Crippen molar-refractivity contribution in [2.24, 2.45) is 20.5 Å². The van der Waals surface area contributed by atoms with Gasteiger partial charge in [0.15, 0.2) is 0 Å². The molecule has 2 heterocycles. The van der Waals surface area contributed by atoms with Crippen molar-refractivity contribution in [3.8, 4) is 0 Å². The Hall–Kier alpha value is -3.67. The average Bonchev–Trinajstić information content (AvgIpc) is 3.71. The van der Waals surface area contributed by atoms with Crippen LogP contribution in [0.4, 0.5) is 33.0 Å². The standard InChI is InChI=1S/C30H40N8OS2.H2O4S/c1-5-35(27-13-9-25(10-14-27)31-33-29-37(7-3)19-23-40-29)17-21-39-22-18-36(6-2)28-15-11-26(12-16-28)32-34-30-38(8-4)20-24-41-30;1-5(2,3)4/h9-16,19-20,23-24H,5-8,17-18,21-22H2,1-4H3;(H2,1,2,3,4)/q+2;/p-2. The van der Waals surface area contributed by atoms with Crippen molar-refractivity contribution >= 4 is 66.1 Å². The minimum absolute atomic E-state index is 0.669. The third-order valence-electron chi connectivity index (χ3n) is 6.71. The summed E-state index contributed by atoms with van der Waals surface area (Å²) in [7, 11) is -5.17. The van der Waals surface area contributed by atoms with Crippen molar-refractivity contribution in [1.29, 1.82) is 0 Å². The molecule has 13 nitrogen and oxygen atoms in total. The van der Waals surface area contributed by atoms with Crippen LogP contribution in [-0.2, 0) is 28.2 Å². The molecule has 4 rings (SSSR count). The zero-order valence-corrected chi connectivity index (χ0v) is 28.9. The molecule has 46 heavy (non-hydrogen) atoms. The average molecular weight is 689 g/mol. The molecule has 0 spiro atoms. The molecular weight excluding hydrogens is 649 g/mol. The number of benzene rings is 2. The molecule has 0 saturated carbocycles. The van der Waals surface area contributed by atoms with Crippen LogP contribution in [0, 0.1) is 0 Å². The van der Waals surface area contributed by atoms with Crippen molar-refractivity contribution in [2.45, 2.75) is 40.8 Å². The van der Waals surface area contributed by atoms with E-state index in [1.165, 1.54) is 0 Å². The molecule has 0 N–H and O–H groups in total. The van der Waals surface area contributed by atoms with Gasteiger partial charge in [-0.3, -0.25) is 8.42 Å². The maximum Gasteiger partial charge on any atom is 0.408 e. The van der Waals surface area contributed by atoms with Gasteiger partial charge in [-0.15, -0.1) is 0 Å². The highest BCUT2D eigenvalue weighted by Gasteiger charge is 2.12. The van der Waals surface area contributed by atoms with Gasteiger partial charge >= 0.3 is 10.3 Å². The number of likely N-dealkylation sites (N-methyl/N-ethyl adjacent to an activating group) is 2. The Balaban J connectivity index is 0.00000107. The number of aryl methyl sites for hydroxylation is 2.